The lowest BCUT2D eigenvalue weighted by atomic mass is 10.0. The Hall–Kier alpha value is -2.74. The van der Waals surface area contributed by atoms with E-state index in [-0.39, 0.29) is 11.8 Å². The zero-order valence-corrected chi connectivity index (χ0v) is 14.6. The monoisotopic (exact) mass is 342 g/mol. The molecule has 25 heavy (non-hydrogen) atoms. The minimum Gasteiger partial charge on any atom is -0.375 e. The Bertz CT molecular complexity index is 772. The highest BCUT2D eigenvalue weighted by atomic mass is 16.5. The van der Waals surface area contributed by atoms with Crippen LogP contribution in [0.4, 0.5) is 5.69 Å². The number of rotatable bonds is 4. The molecule has 2 heterocycles. The molecule has 2 N–H and O–H groups in total. The summed E-state index contributed by atoms with van der Waals surface area (Å²) in [4.78, 5) is 14.1. The summed E-state index contributed by atoms with van der Waals surface area (Å²) < 4.78 is 5.63. The number of aryl methyl sites for hydroxylation is 1. The molecule has 2 aromatic rings. The normalized spacial score (nSPS) is 17.9. The molecule has 1 fully saturated rings. The van der Waals surface area contributed by atoms with Crippen LogP contribution < -0.4 is 10.3 Å². The highest BCUT2D eigenvalue weighted by Crippen LogP contribution is 2.26. The van der Waals surface area contributed by atoms with Crippen LogP contribution in [0.15, 0.2) is 23.4 Å². The van der Waals surface area contributed by atoms with Crippen molar-refractivity contribution < 1.29 is 9.53 Å². The van der Waals surface area contributed by atoms with Gasteiger partial charge in [-0.05, 0) is 43.5 Å². The second kappa shape index (κ2) is 7.43. The summed E-state index contributed by atoms with van der Waals surface area (Å²) in [5.74, 6) is -0.406. The van der Waals surface area contributed by atoms with Gasteiger partial charge in [-0.2, -0.15) is 20.5 Å². The van der Waals surface area contributed by atoms with Crippen molar-refractivity contribution in [3.8, 4) is 0 Å². The van der Waals surface area contributed by atoms with E-state index in [1.165, 1.54) is 23.0 Å². The topological polar surface area (TPSA) is 95.5 Å². The Balaban J connectivity index is 1.75. The highest BCUT2D eigenvalue weighted by molar-refractivity contribution is 5.92. The Morgan fingerprint density at radius 2 is 2.32 bits per heavy atom. The maximum absolute atomic E-state index is 11.8. The lowest BCUT2D eigenvalue weighted by Gasteiger charge is -2.34. The van der Waals surface area contributed by atoms with Gasteiger partial charge >= 0.3 is 0 Å². The Labute approximate surface area is 146 Å². The number of carbonyl (C=O) groups excluding carboxylic acids is 1. The molecule has 0 spiro atoms. The molecule has 0 aliphatic carbocycles. The first-order valence-electron chi connectivity index (χ1n) is 8.21. The molecular formula is C17H22N6O2. The first kappa shape index (κ1) is 17.1. The summed E-state index contributed by atoms with van der Waals surface area (Å²) in [6.45, 7) is 8.74. The maximum atomic E-state index is 11.8. The zero-order chi connectivity index (χ0) is 17.8. The molecule has 1 amide bonds. The van der Waals surface area contributed by atoms with Crippen LogP contribution in [0.1, 0.15) is 34.1 Å². The number of ether oxygens (including phenoxy) is 1. The van der Waals surface area contributed by atoms with Crippen molar-refractivity contribution in [2.24, 2.45) is 5.10 Å². The summed E-state index contributed by atoms with van der Waals surface area (Å²) >= 11 is 0. The first-order valence-corrected chi connectivity index (χ1v) is 8.21. The van der Waals surface area contributed by atoms with Gasteiger partial charge in [0.15, 0.2) is 5.69 Å². The van der Waals surface area contributed by atoms with Crippen LogP contribution in [-0.2, 0) is 4.74 Å². The number of aromatic nitrogens is 3. The van der Waals surface area contributed by atoms with E-state index in [1.807, 2.05) is 0 Å². The molecule has 1 aromatic heterocycles. The first-order chi connectivity index (χ1) is 12.0. The quantitative estimate of drug-likeness (QED) is 0.647. The predicted molar refractivity (Wildman–Crippen MR) is 95.0 cm³/mol. The van der Waals surface area contributed by atoms with Gasteiger partial charge in [0.2, 0.25) is 0 Å². The molecule has 8 nitrogen and oxygen atoms in total. The van der Waals surface area contributed by atoms with Gasteiger partial charge in [-0.3, -0.25) is 4.79 Å². The summed E-state index contributed by atoms with van der Waals surface area (Å²) in [6.07, 6.45) is 3.20. The van der Waals surface area contributed by atoms with Gasteiger partial charge < -0.3 is 9.64 Å². The van der Waals surface area contributed by atoms with Crippen LogP contribution in [0.25, 0.3) is 0 Å². The van der Waals surface area contributed by atoms with E-state index in [0.29, 0.717) is 0 Å². The molecule has 132 valence electrons. The van der Waals surface area contributed by atoms with Gasteiger partial charge in [-0.1, -0.05) is 6.07 Å². The van der Waals surface area contributed by atoms with Crippen LogP contribution in [0, 0.1) is 13.8 Å². The van der Waals surface area contributed by atoms with Crippen molar-refractivity contribution in [2.75, 3.05) is 24.6 Å². The predicted octanol–water partition coefficient (Wildman–Crippen LogP) is 1.41. The van der Waals surface area contributed by atoms with Crippen molar-refractivity contribution in [2.45, 2.75) is 26.9 Å². The molecule has 1 unspecified atom stereocenters. The number of anilines is 1. The average molecular weight is 342 g/mol. The largest absolute Gasteiger partial charge is 0.375 e. The van der Waals surface area contributed by atoms with Crippen LogP contribution >= 0.6 is 0 Å². The Morgan fingerprint density at radius 1 is 1.48 bits per heavy atom. The second-order valence-electron chi connectivity index (χ2n) is 6.16. The maximum Gasteiger partial charge on any atom is 0.293 e. The van der Waals surface area contributed by atoms with Crippen LogP contribution in [0.3, 0.4) is 0 Å². The van der Waals surface area contributed by atoms with E-state index in [1.54, 1.807) is 6.21 Å². The molecule has 0 radical (unpaired) electrons. The highest BCUT2D eigenvalue weighted by Gasteiger charge is 2.19. The summed E-state index contributed by atoms with van der Waals surface area (Å²) in [7, 11) is 0. The number of hydrogen-bond donors (Lipinski definition) is 2. The molecule has 1 aliphatic rings. The molecular weight excluding hydrogens is 320 g/mol. The van der Waals surface area contributed by atoms with Gasteiger partial charge in [0, 0.05) is 18.8 Å². The molecule has 1 saturated heterocycles. The Morgan fingerprint density at radius 3 is 3.04 bits per heavy atom. The van der Waals surface area contributed by atoms with Gasteiger partial charge in [-0.25, -0.2) is 5.43 Å². The summed E-state index contributed by atoms with van der Waals surface area (Å²) in [5, 5.41) is 13.7. The van der Waals surface area contributed by atoms with E-state index in [0.717, 1.165) is 25.3 Å². The lowest BCUT2D eigenvalue weighted by Crippen LogP contribution is -2.41. The summed E-state index contributed by atoms with van der Waals surface area (Å²) in [6, 6.07) is 4.14. The second-order valence-corrected chi connectivity index (χ2v) is 6.16. The molecule has 0 bridgehead atoms. The van der Waals surface area contributed by atoms with Gasteiger partial charge in [-0.15, -0.1) is 0 Å². The van der Waals surface area contributed by atoms with Gasteiger partial charge in [0.25, 0.3) is 5.91 Å². The van der Waals surface area contributed by atoms with Crippen molar-refractivity contribution in [3.05, 3.63) is 40.7 Å². The minimum atomic E-state index is -0.406. The Kier molecular flexibility index (Phi) is 5.08. The van der Waals surface area contributed by atoms with E-state index >= 15 is 0 Å². The third-order valence-electron chi connectivity index (χ3n) is 4.27. The molecule has 8 heteroatoms. The molecule has 3 rings (SSSR count). The molecule has 1 aliphatic heterocycles. The smallest absolute Gasteiger partial charge is 0.293 e. The number of benzene rings is 1. The fourth-order valence-corrected chi connectivity index (χ4v) is 2.84. The van der Waals surface area contributed by atoms with Crippen LogP contribution in [0.2, 0.25) is 0 Å². The fraction of sp³-hybridized carbons (Fsp3) is 0.412. The number of carbonyl (C=O) groups is 1. The molecule has 1 atom stereocenters. The average Bonchev–Trinajstić information content (AvgIpc) is 3.12. The van der Waals surface area contributed by atoms with Crippen molar-refractivity contribution in [1.82, 2.24) is 20.8 Å². The van der Waals surface area contributed by atoms with E-state index in [4.69, 9.17) is 4.74 Å². The SMILES string of the molecule is Cc1cc(/C=N/NC(=O)c2cn[nH]n2)cc(N2CCOC(C)C2)c1C. The van der Waals surface area contributed by atoms with Crippen LogP contribution in [0.5, 0.6) is 0 Å². The minimum absolute atomic E-state index is 0.195. The number of hydrogen-bond acceptors (Lipinski definition) is 6. The number of nitrogens with zero attached hydrogens (tertiary/aromatic N) is 4. The number of hydrazone groups is 1. The molecule has 0 saturated carbocycles. The van der Waals surface area contributed by atoms with E-state index in [2.05, 4.69) is 63.7 Å². The number of amides is 1. The van der Waals surface area contributed by atoms with Gasteiger partial charge in [0.1, 0.15) is 0 Å². The van der Waals surface area contributed by atoms with Gasteiger partial charge in [0.05, 0.1) is 25.1 Å². The standard InChI is InChI=1S/C17H22N6O2/c1-11-6-14(8-18-21-17(24)15-9-19-22-20-15)7-16(13(11)3)23-4-5-25-12(2)10-23/h6-9,12H,4-5,10H2,1-3H3,(H,21,24)(H,19,20,22)/b18-8+. The van der Waals surface area contributed by atoms with E-state index in [9.17, 15) is 4.79 Å². The van der Waals surface area contributed by atoms with Crippen LogP contribution in [-0.4, -0.2) is 53.3 Å². The van der Waals surface area contributed by atoms with E-state index < -0.39 is 5.91 Å². The van der Waals surface area contributed by atoms with Crippen molar-refractivity contribution in [1.29, 1.82) is 0 Å². The number of aromatic amines is 1. The number of nitrogens with one attached hydrogen (secondary N) is 2. The fourth-order valence-electron chi connectivity index (χ4n) is 2.84. The number of morpholine rings is 1. The zero-order valence-electron chi connectivity index (χ0n) is 14.6. The third-order valence-corrected chi connectivity index (χ3v) is 4.27. The molecule has 1 aromatic carbocycles. The van der Waals surface area contributed by atoms with Crippen molar-refractivity contribution in [3.63, 3.8) is 0 Å². The lowest BCUT2D eigenvalue weighted by molar-refractivity contribution is 0.0532. The number of H-pyrrole nitrogens is 1. The van der Waals surface area contributed by atoms with Crippen molar-refractivity contribution >= 4 is 17.8 Å². The third kappa shape index (κ3) is 4.03. The summed E-state index contributed by atoms with van der Waals surface area (Å²) in [5.41, 5.74) is 7.18.